The van der Waals surface area contributed by atoms with E-state index in [-0.39, 0.29) is 10.8 Å². The molecule has 10 heteroatoms. The maximum atomic E-state index is 11.4. The maximum absolute atomic E-state index is 11.4. The SMILES string of the molecule is Cc1sc(CN2CCCC2c2nnc3n2CCCCC3)nc1C12CC(COS(C)(=O)=O)(C1)C2. The van der Waals surface area contributed by atoms with Crippen molar-refractivity contribution in [1.29, 1.82) is 0 Å². The van der Waals surface area contributed by atoms with Crippen molar-refractivity contribution in [3.05, 3.63) is 27.2 Å². The predicted molar refractivity (Wildman–Crippen MR) is 126 cm³/mol. The largest absolute Gasteiger partial charge is 0.314 e. The summed E-state index contributed by atoms with van der Waals surface area (Å²) in [4.78, 5) is 9.00. The summed E-state index contributed by atoms with van der Waals surface area (Å²) in [6.45, 7) is 5.52. The van der Waals surface area contributed by atoms with Gasteiger partial charge in [-0.1, -0.05) is 6.42 Å². The van der Waals surface area contributed by atoms with E-state index in [1.54, 1.807) is 0 Å². The van der Waals surface area contributed by atoms with Gasteiger partial charge in [-0.05, 0) is 63.8 Å². The van der Waals surface area contributed by atoms with Crippen LogP contribution in [0.15, 0.2) is 0 Å². The molecule has 4 fully saturated rings. The number of thiazole rings is 1. The molecule has 3 aliphatic carbocycles. The first-order chi connectivity index (χ1) is 15.8. The summed E-state index contributed by atoms with van der Waals surface area (Å²) in [7, 11) is -3.37. The van der Waals surface area contributed by atoms with E-state index in [0.29, 0.717) is 12.6 Å². The number of nitrogens with zero attached hydrogens (tertiary/aromatic N) is 5. The third-order valence-electron chi connectivity index (χ3n) is 8.20. The molecule has 0 radical (unpaired) electrons. The Bertz CT molecular complexity index is 1150. The fraction of sp³-hybridized carbons (Fsp3) is 0.783. The molecule has 2 aromatic rings. The van der Waals surface area contributed by atoms with Crippen molar-refractivity contribution in [3.63, 3.8) is 0 Å². The lowest BCUT2D eigenvalue weighted by Gasteiger charge is -2.70. The first kappa shape index (κ1) is 22.1. The quantitative estimate of drug-likeness (QED) is 0.548. The van der Waals surface area contributed by atoms with Crippen LogP contribution in [0, 0.1) is 12.3 Å². The van der Waals surface area contributed by atoms with Crippen LogP contribution in [0.4, 0.5) is 0 Å². The van der Waals surface area contributed by atoms with Crippen molar-refractivity contribution < 1.29 is 12.6 Å². The van der Waals surface area contributed by atoms with Gasteiger partial charge in [0.2, 0.25) is 0 Å². The van der Waals surface area contributed by atoms with E-state index in [9.17, 15) is 8.42 Å². The lowest BCUT2D eigenvalue weighted by Crippen LogP contribution is -2.66. The molecule has 0 N–H and O–H groups in total. The van der Waals surface area contributed by atoms with E-state index < -0.39 is 10.1 Å². The minimum atomic E-state index is -3.37. The van der Waals surface area contributed by atoms with Crippen LogP contribution < -0.4 is 0 Å². The zero-order valence-electron chi connectivity index (χ0n) is 19.5. The molecule has 2 bridgehead atoms. The molecule has 2 aliphatic heterocycles. The van der Waals surface area contributed by atoms with Gasteiger partial charge in [-0.2, -0.15) is 8.42 Å². The first-order valence-corrected chi connectivity index (χ1v) is 14.9. The first-order valence-electron chi connectivity index (χ1n) is 12.2. The maximum Gasteiger partial charge on any atom is 0.264 e. The number of rotatable bonds is 7. The van der Waals surface area contributed by atoms with E-state index >= 15 is 0 Å². The Labute approximate surface area is 199 Å². The van der Waals surface area contributed by atoms with Crippen LogP contribution in [0.3, 0.4) is 0 Å². The van der Waals surface area contributed by atoms with Crippen molar-refractivity contribution in [2.24, 2.45) is 5.41 Å². The van der Waals surface area contributed by atoms with Crippen LogP contribution >= 0.6 is 11.3 Å². The summed E-state index contributed by atoms with van der Waals surface area (Å²) in [6, 6.07) is 0.336. The Hall–Kier alpha value is -1.36. The van der Waals surface area contributed by atoms with Gasteiger partial charge < -0.3 is 4.57 Å². The molecule has 33 heavy (non-hydrogen) atoms. The van der Waals surface area contributed by atoms with E-state index in [1.165, 1.54) is 47.1 Å². The molecule has 1 atom stereocenters. The fourth-order valence-electron chi connectivity index (χ4n) is 6.88. The second kappa shape index (κ2) is 7.83. The van der Waals surface area contributed by atoms with Crippen molar-refractivity contribution in [2.75, 3.05) is 19.4 Å². The molecule has 0 aromatic carbocycles. The van der Waals surface area contributed by atoms with Gasteiger partial charge in [0.05, 0.1) is 31.1 Å². The number of hydrogen-bond acceptors (Lipinski definition) is 8. The van der Waals surface area contributed by atoms with Crippen LogP contribution in [0.25, 0.3) is 0 Å². The lowest BCUT2D eigenvalue weighted by atomic mass is 9.34. The zero-order chi connectivity index (χ0) is 22.8. The molecule has 0 amide bonds. The molecule has 1 saturated heterocycles. The van der Waals surface area contributed by atoms with Crippen LogP contribution in [-0.4, -0.2) is 52.5 Å². The van der Waals surface area contributed by atoms with Gasteiger partial charge >= 0.3 is 0 Å². The van der Waals surface area contributed by atoms with E-state index in [0.717, 1.165) is 63.8 Å². The highest BCUT2D eigenvalue weighted by Gasteiger charge is 2.69. The molecule has 3 saturated carbocycles. The summed E-state index contributed by atoms with van der Waals surface area (Å²) >= 11 is 1.83. The Morgan fingerprint density at radius 1 is 1.12 bits per heavy atom. The molecule has 0 spiro atoms. The summed E-state index contributed by atoms with van der Waals surface area (Å²) in [5.74, 6) is 2.32. The van der Waals surface area contributed by atoms with Gasteiger partial charge in [0.1, 0.15) is 16.7 Å². The topological polar surface area (TPSA) is 90.2 Å². The van der Waals surface area contributed by atoms with Gasteiger partial charge in [0.25, 0.3) is 10.1 Å². The average Bonchev–Trinajstić information content (AvgIpc) is 3.34. The van der Waals surface area contributed by atoms with Crippen molar-refractivity contribution in [3.8, 4) is 0 Å². The van der Waals surface area contributed by atoms with Crippen LogP contribution in [0.2, 0.25) is 0 Å². The van der Waals surface area contributed by atoms with Crippen molar-refractivity contribution >= 4 is 21.5 Å². The highest BCUT2D eigenvalue weighted by Crippen LogP contribution is 2.74. The minimum Gasteiger partial charge on any atom is -0.314 e. The summed E-state index contributed by atoms with van der Waals surface area (Å²) in [5.41, 5.74) is 1.44. The molecule has 8 nitrogen and oxygen atoms in total. The Morgan fingerprint density at radius 3 is 2.73 bits per heavy atom. The summed E-state index contributed by atoms with van der Waals surface area (Å²) < 4.78 is 30.2. The number of hydrogen-bond donors (Lipinski definition) is 0. The second-order valence-electron chi connectivity index (χ2n) is 10.9. The van der Waals surface area contributed by atoms with Gasteiger partial charge in [0.15, 0.2) is 0 Å². The second-order valence-corrected chi connectivity index (χ2v) is 13.8. The minimum absolute atomic E-state index is 0.0465. The Balaban J connectivity index is 1.14. The van der Waals surface area contributed by atoms with Crippen LogP contribution in [0.5, 0.6) is 0 Å². The zero-order valence-corrected chi connectivity index (χ0v) is 21.2. The van der Waals surface area contributed by atoms with Gasteiger partial charge in [-0.15, -0.1) is 21.5 Å². The summed E-state index contributed by atoms with van der Waals surface area (Å²) in [5, 5.41) is 10.4. The third-order valence-corrected chi connectivity index (χ3v) is 9.70. The number of aromatic nitrogens is 4. The standard InChI is InChI=1S/C23H33N5O3S2/c1-16-20(23-12-22(13-23,14-23)15-31-33(2,29)30)24-19(32-16)11-27-9-6-7-17(27)21-26-25-18-8-4-3-5-10-28(18)21/h17H,3-15H2,1-2H3. The molecule has 7 rings (SSSR count). The van der Waals surface area contributed by atoms with Crippen LogP contribution in [0.1, 0.15) is 84.6 Å². The smallest absolute Gasteiger partial charge is 0.264 e. The average molecular weight is 492 g/mol. The Kier molecular flexibility index (Phi) is 5.25. The van der Waals surface area contributed by atoms with Gasteiger partial charge in [0, 0.05) is 23.3 Å². The van der Waals surface area contributed by atoms with E-state index in [1.807, 2.05) is 11.3 Å². The molecule has 1 unspecified atom stereocenters. The molecule has 2 aromatic heterocycles. The molecule has 4 heterocycles. The van der Waals surface area contributed by atoms with Gasteiger partial charge in [-0.25, -0.2) is 4.98 Å². The highest BCUT2D eigenvalue weighted by atomic mass is 32.2. The number of aryl methyl sites for hydroxylation is 2. The Morgan fingerprint density at radius 2 is 1.94 bits per heavy atom. The predicted octanol–water partition coefficient (Wildman–Crippen LogP) is 3.50. The molecular weight excluding hydrogens is 458 g/mol. The van der Waals surface area contributed by atoms with Gasteiger partial charge in [-0.3, -0.25) is 9.08 Å². The summed E-state index contributed by atoms with van der Waals surface area (Å²) in [6.07, 6.45) is 11.2. The molecule has 180 valence electrons. The fourth-order valence-corrected chi connectivity index (χ4v) is 8.42. The number of likely N-dealkylation sites (tertiary alicyclic amines) is 1. The number of fused-ring (bicyclic) bond motifs is 1. The third kappa shape index (κ3) is 3.86. The normalized spacial score (nSPS) is 31.6. The van der Waals surface area contributed by atoms with Crippen molar-refractivity contribution in [2.45, 2.75) is 89.3 Å². The van der Waals surface area contributed by atoms with Crippen LogP contribution in [-0.2, 0) is 39.2 Å². The molecule has 5 aliphatic rings. The van der Waals surface area contributed by atoms with Crippen molar-refractivity contribution in [1.82, 2.24) is 24.6 Å². The van der Waals surface area contributed by atoms with E-state index in [2.05, 4.69) is 26.6 Å². The monoisotopic (exact) mass is 491 g/mol. The van der Waals surface area contributed by atoms with E-state index in [4.69, 9.17) is 9.17 Å². The molecular formula is C23H33N5O3S2. The highest BCUT2D eigenvalue weighted by molar-refractivity contribution is 7.85. The lowest BCUT2D eigenvalue weighted by molar-refractivity contribution is -0.163.